The molecule has 1 saturated carbocycles. The monoisotopic (exact) mass is 325 g/mol. The Morgan fingerprint density at radius 3 is 2.50 bits per heavy atom. The van der Waals surface area contributed by atoms with Crippen molar-refractivity contribution in [3.8, 4) is 5.75 Å². The zero-order valence-corrected chi connectivity index (χ0v) is 13.2. The minimum absolute atomic E-state index is 0.203. The molecule has 1 aliphatic carbocycles. The van der Waals surface area contributed by atoms with Crippen LogP contribution in [0.3, 0.4) is 0 Å². The van der Waals surface area contributed by atoms with Crippen LogP contribution in [0.1, 0.15) is 41.1 Å². The van der Waals surface area contributed by atoms with E-state index in [1.165, 1.54) is 24.8 Å². The molecule has 5 nitrogen and oxygen atoms in total. The van der Waals surface area contributed by atoms with E-state index in [4.69, 9.17) is 9.84 Å². The number of hydrogen-bond acceptors (Lipinski definition) is 3. The van der Waals surface area contributed by atoms with Crippen molar-refractivity contribution >= 4 is 17.6 Å². The number of anilines is 1. The highest BCUT2D eigenvalue weighted by molar-refractivity contribution is 6.04. The fraction of sp³-hybridized carbons (Fsp3) is 0.263. The van der Waals surface area contributed by atoms with Crippen LogP contribution >= 0.6 is 0 Å². The van der Waals surface area contributed by atoms with Gasteiger partial charge in [0.15, 0.2) is 6.61 Å². The molecular formula is C19H19NO4. The number of rotatable bonds is 6. The number of hydrogen-bond donors (Lipinski definition) is 2. The quantitative estimate of drug-likeness (QED) is 0.849. The zero-order chi connectivity index (χ0) is 16.9. The number of carboxylic acid groups (broad SMARTS) is 1. The fourth-order valence-corrected chi connectivity index (χ4v) is 2.66. The summed E-state index contributed by atoms with van der Waals surface area (Å²) in [4.78, 5) is 22.8. The first kappa shape index (κ1) is 16.1. The average molecular weight is 325 g/mol. The van der Waals surface area contributed by atoms with E-state index in [0.29, 0.717) is 22.9 Å². The lowest BCUT2D eigenvalue weighted by molar-refractivity contribution is -0.139. The molecule has 0 unspecified atom stereocenters. The van der Waals surface area contributed by atoms with Crippen LogP contribution in [0, 0.1) is 0 Å². The molecule has 5 heteroatoms. The Morgan fingerprint density at radius 2 is 1.88 bits per heavy atom. The smallest absolute Gasteiger partial charge is 0.341 e. The molecule has 0 spiro atoms. The topological polar surface area (TPSA) is 75.6 Å². The van der Waals surface area contributed by atoms with Gasteiger partial charge in [-0.05, 0) is 48.6 Å². The second-order valence-electron chi connectivity index (χ2n) is 5.91. The summed E-state index contributed by atoms with van der Waals surface area (Å²) in [7, 11) is 0. The third kappa shape index (κ3) is 3.93. The maximum Gasteiger partial charge on any atom is 0.341 e. The maximum atomic E-state index is 12.3. The van der Waals surface area contributed by atoms with Gasteiger partial charge in [0.05, 0.1) is 0 Å². The Kier molecular flexibility index (Phi) is 4.79. The Morgan fingerprint density at radius 1 is 1.12 bits per heavy atom. The van der Waals surface area contributed by atoms with Gasteiger partial charge >= 0.3 is 5.97 Å². The molecule has 0 aromatic heterocycles. The van der Waals surface area contributed by atoms with Gasteiger partial charge in [-0.15, -0.1) is 0 Å². The number of benzene rings is 2. The fourth-order valence-electron chi connectivity index (χ4n) is 2.66. The zero-order valence-electron chi connectivity index (χ0n) is 13.2. The van der Waals surface area contributed by atoms with Crippen molar-refractivity contribution in [2.24, 2.45) is 0 Å². The summed E-state index contributed by atoms with van der Waals surface area (Å²) in [6.07, 6.45) is 3.75. The molecule has 1 amide bonds. The van der Waals surface area contributed by atoms with Gasteiger partial charge in [0.1, 0.15) is 5.75 Å². The van der Waals surface area contributed by atoms with Gasteiger partial charge < -0.3 is 15.2 Å². The average Bonchev–Trinajstić information content (AvgIpc) is 2.52. The molecule has 3 rings (SSSR count). The highest BCUT2D eigenvalue weighted by Gasteiger charge is 2.19. The lowest BCUT2D eigenvalue weighted by Gasteiger charge is -2.25. The standard InChI is InChI=1S/C19H19NO4/c21-18(22)12-24-17-6-2-5-16(11-17)20-19(23)15-9-7-14(8-10-15)13-3-1-4-13/h2,5-11,13H,1,3-4,12H2,(H,20,23)(H,21,22). The largest absolute Gasteiger partial charge is 0.482 e. The molecule has 0 radical (unpaired) electrons. The van der Waals surface area contributed by atoms with Crippen molar-refractivity contribution in [3.05, 3.63) is 59.7 Å². The molecule has 0 heterocycles. The van der Waals surface area contributed by atoms with Crippen LogP contribution in [0.2, 0.25) is 0 Å². The van der Waals surface area contributed by atoms with Crippen LogP contribution < -0.4 is 10.1 Å². The second kappa shape index (κ2) is 7.17. The molecule has 2 N–H and O–H groups in total. The normalized spacial score (nSPS) is 13.8. The number of nitrogens with one attached hydrogen (secondary N) is 1. The number of ether oxygens (including phenoxy) is 1. The molecule has 2 aromatic carbocycles. The maximum absolute atomic E-state index is 12.3. The molecule has 0 aliphatic heterocycles. The van der Waals surface area contributed by atoms with Crippen molar-refractivity contribution in [2.45, 2.75) is 25.2 Å². The van der Waals surface area contributed by atoms with E-state index in [1.54, 1.807) is 24.3 Å². The van der Waals surface area contributed by atoms with Crippen LogP contribution in [0.15, 0.2) is 48.5 Å². The van der Waals surface area contributed by atoms with Crippen LogP contribution in [0.25, 0.3) is 0 Å². The molecule has 0 atom stereocenters. The summed E-state index contributed by atoms with van der Waals surface area (Å²) >= 11 is 0. The third-order valence-corrected chi connectivity index (χ3v) is 4.20. The number of amides is 1. The van der Waals surface area contributed by atoms with Gasteiger partial charge in [-0.2, -0.15) is 0 Å². The second-order valence-corrected chi connectivity index (χ2v) is 5.91. The van der Waals surface area contributed by atoms with Gasteiger partial charge in [0.25, 0.3) is 5.91 Å². The van der Waals surface area contributed by atoms with Crippen LogP contribution in [-0.4, -0.2) is 23.6 Å². The Labute approximate surface area is 140 Å². The molecule has 0 saturated heterocycles. The van der Waals surface area contributed by atoms with Gasteiger partial charge in [-0.1, -0.05) is 24.6 Å². The summed E-state index contributed by atoms with van der Waals surface area (Å²) in [5, 5.41) is 11.4. The van der Waals surface area contributed by atoms with Crippen LogP contribution in [0.4, 0.5) is 5.69 Å². The Bertz CT molecular complexity index is 735. The van der Waals surface area contributed by atoms with E-state index in [0.717, 1.165) is 0 Å². The predicted octanol–water partition coefficient (Wildman–Crippen LogP) is 3.67. The van der Waals surface area contributed by atoms with Crippen molar-refractivity contribution in [2.75, 3.05) is 11.9 Å². The highest BCUT2D eigenvalue weighted by atomic mass is 16.5. The van der Waals surface area contributed by atoms with E-state index in [1.807, 2.05) is 24.3 Å². The number of carbonyl (C=O) groups is 2. The van der Waals surface area contributed by atoms with Crippen molar-refractivity contribution < 1.29 is 19.4 Å². The summed E-state index contributed by atoms with van der Waals surface area (Å²) in [5.41, 5.74) is 2.45. The molecule has 124 valence electrons. The molecule has 24 heavy (non-hydrogen) atoms. The summed E-state index contributed by atoms with van der Waals surface area (Å²) in [6, 6.07) is 14.4. The van der Waals surface area contributed by atoms with Crippen molar-refractivity contribution in [3.63, 3.8) is 0 Å². The third-order valence-electron chi connectivity index (χ3n) is 4.20. The first-order valence-corrected chi connectivity index (χ1v) is 7.98. The van der Waals surface area contributed by atoms with Gasteiger partial charge in [-0.25, -0.2) is 4.79 Å². The molecule has 1 aliphatic rings. The van der Waals surface area contributed by atoms with Crippen molar-refractivity contribution in [1.29, 1.82) is 0 Å². The number of aliphatic carboxylic acids is 1. The predicted molar refractivity (Wildman–Crippen MR) is 90.6 cm³/mol. The summed E-state index contributed by atoms with van der Waals surface area (Å²) in [5.74, 6) is -0.206. The number of carboxylic acids is 1. The van der Waals surface area contributed by atoms with E-state index >= 15 is 0 Å². The minimum Gasteiger partial charge on any atom is -0.482 e. The van der Waals surface area contributed by atoms with E-state index < -0.39 is 12.6 Å². The lowest BCUT2D eigenvalue weighted by Crippen LogP contribution is -2.13. The van der Waals surface area contributed by atoms with Gasteiger partial charge in [0.2, 0.25) is 0 Å². The first-order chi connectivity index (χ1) is 11.6. The molecular weight excluding hydrogens is 306 g/mol. The first-order valence-electron chi connectivity index (χ1n) is 7.98. The van der Waals surface area contributed by atoms with Crippen molar-refractivity contribution in [1.82, 2.24) is 0 Å². The summed E-state index contributed by atoms with van der Waals surface area (Å²) < 4.78 is 5.11. The van der Waals surface area contributed by atoms with Gasteiger partial charge in [0, 0.05) is 17.3 Å². The van der Waals surface area contributed by atoms with E-state index in [2.05, 4.69) is 5.32 Å². The SMILES string of the molecule is O=C(O)COc1cccc(NC(=O)c2ccc(C3CCC3)cc2)c1. The highest BCUT2D eigenvalue weighted by Crippen LogP contribution is 2.36. The number of carbonyl (C=O) groups excluding carboxylic acids is 1. The molecule has 2 aromatic rings. The summed E-state index contributed by atoms with van der Waals surface area (Å²) in [6.45, 7) is -0.417. The van der Waals surface area contributed by atoms with E-state index in [9.17, 15) is 9.59 Å². The Hall–Kier alpha value is -2.82. The van der Waals surface area contributed by atoms with Crippen LogP contribution in [0.5, 0.6) is 5.75 Å². The minimum atomic E-state index is -1.05. The van der Waals surface area contributed by atoms with Crippen LogP contribution in [-0.2, 0) is 4.79 Å². The lowest BCUT2D eigenvalue weighted by atomic mass is 9.80. The van der Waals surface area contributed by atoms with Gasteiger partial charge in [-0.3, -0.25) is 4.79 Å². The van der Waals surface area contributed by atoms with E-state index in [-0.39, 0.29) is 5.91 Å². The molecule has 0 bridgehead atoms. The molecule has 1 fully saturated rings. The Balaban J connectivity index is 1.63.